The minimum Gasteiger partial charge on any atom is -0.465 e. The molecular formula is C48H48Br2N6O6. The van der Waals surface area contributed by atoms with Gasteiger partial charge in [-0.3, -0.25) is 24.2 Å². The normalized spacial score (nSPS) is 20.3. The molecule has 320 valence electrons. The molecule has 3 aliphatic heterocycles. The van der Waals surface area contributed by atoms with Crippen LogP contribution in [0.5, 0.6) is 0 Å². The number of para-hydroxylation sites is 2. The molecule has 0 bridgehead atoms. The highest BCUT2D eigenvalue weighted by Crippen LogP contribution is 2.41. The molecule has 1 saturated heterocycles. The number of benzene rings is 4. The van der Waals surface area contributed by atoms with E-state index >= 15 is 0 Å². The standard InChI is InChI=1S/C27H29BrN4O4.C21H19BrN2O2/c1-2-35-24(34)17-32-11-9-31(10-12-32)13-14-36-30-26-20-5-3-4-6-22(20)29-27(26)25-21-16-19(28)8-7-18(21)15-23(25)33;1-2-3-10-26-24-20-15-6-4-5-7-17(15)23-21(20)19-16-12-14(22)9-8-13(16)11-18(19)25/h3-8,16,29H,2,9-15,17H2,1H3;4-9,12,23H,2-3,10-11H2,1H3/b27-25-,30-26+;21-19-,24-20+. The Morgan fingerprint density at radius 2 is 1.16 bits per heavy atom. The lowest BCUT2D eigenvalue weighted by Crippen LogP contribution is -2.48. The fraction of sp³-hybridized carbons (Fsp3) is 0.312. The zero-order chi connectivity index (χ0) is 43.2. The second-order valence-electron chi connectivity index (χ2n) is 15.5. The third-order valence-electron chi connectivity index (χ3n) is 11.3. The van der Waals surface area contributed by atoms with Crippen LogP contribution in [-0.2, 0) is 41.6 Å². The molecule has 62 heavy (non-hydrogen) atoms. The Balaban J connectivity index is 0.000000180. The van der Waals surface area contributed by atoms with Crippen molar-refractivity contribution < 1.29 is 28.8 Å². The number of nitrogens with zero attached hydrogens (tertiary/aromatic N) is 4. The number of carbonyl (C=O) groups is 3. The Bertz CT molecular complexity index is 2520. The van der Waals surface area contributed by atoms with Crippen LogP contribution in [0.3, 0.4) is 0 Å². The molecule has 4 aromatic carbocycles. The predicted octanol–water partition coefficient (Wildman–Crippen LogP) is 8.24. The van der Waals surface area contributed by atoms with Crippen LogP contribution in [0.25, 0.3) is 11.1 Å². The van der Waals surface area contributed by atoms with Gasteiger partial charge >= 0.3 is 5.97 Å². The van der Waals surface area contributed by atoms with Crippen molar-refractivity contribution in [1.82, 2.24) is 9.80 Å². The number of anilines is 2. The zero-order valence-electron chi connectivity index (χ0n) is 34.8. The minimum absolute atomic E-state index is 0.0757. The van der Waals surface area contributed by atoms with Gasteiger partial charge in [0.05, 0.1) is 35.7 Å². The predicted molar refractivity (Wildman–Crippen MR) is 249 cm³/mol. The van der Waals surface area contributed by atoms with Crippen LogP contribution in [0.15, 0.2) is 116 Å². The first-order valence-corrected chi connectivity index (χ1v) is 22.7. The second-order valence-corrected chi connectivity index (χ2v) is 17.3. The molecule has 0 amide bonds. The smallest absolute Gasteiger partial charge is 0.320 e. The maximum atomic E-state index is 13.0. The van der Waals surface area contributed by atoms with Crippen LogP contribution < -0.4 is 10.6 Å². The summed E-state index contributed by atoms with van der Waals surface area (Å²) >= 11 is 7.05. The van der Waals surface area contributed by atoms with Gasteiger partial charge in [-0.15, -0.1) is 0 Å². The number of unbranched alkanes of at least 4 members (excludes halogenated alkanes) is 1. The van der Waals surface area contributed by atoms with Crippen molar-refractivity contribution in [1.29, 1.82) is 0 Å². The second kappa shape index (κ2) is 19.7. The van der Waals surface area contributed by atoms with Gasteiger partial charge < -0.3 is 25.0 Å². The van der Waals surface area contributed by atoms with Crippen LogP contribution in [0.4, 0.5) is 11.4 Å². The largest absolute Gasteiger partial charge is 0.465 e. The molecule has 0 unspecified atom stereocenters. The molecule has 2 N–H and O–H groups in total. The maximum Gasteiger partial charge on any atom is 0.320 e. The average molecular weight is 965 g/mol. The highest BCUT2D eigenvalue weighted by molar-refractivity contribution is 9.10. The lowest BCUT2D eigenvalue weighted by atomic mass is 10.0. The lowest BCUT2D eigenvalue weighted by Gasteiger charge is -2.33. The molecule has 14 heteroatoms. The Labute approximate surface area is 378 Å². The monoisotopic (exact) mass is 962 g/mol. The summed E-state index contributed by atoms with van der Waals surface area (Å²) < 4.78 is 6.93. The van der Waals surface area contributed by atoms with E-state index in [0.717, 1.165) is 105 Å². The summed E-state index contributed by atoms with van der Waals surface area (Å²) in [6, 6.07) is 27.7. The van der Waals surface area contributed by atoms with E-state index in [1.165, 1.54) is 0 Å². The quantitative estimate of drug-likeness (QED) is 0.0656. The molecule has 12 nitrogen and oxygen atoms in total. The van der Waals surface area contributed by atoms with E-state index < -0.39 is 0 Å². The average Bonchev–Trinajstić information content (AvgIpc) is 4.00. The van der Waals surface area contributed by atoms with E-state index in [2.05, 4.69) is 69.5 Å². The number of Topliss-reactive ketones (excluding diaryl/α,β-unsaturated/α-hetero) is 2. The Morgan fingerprint density at radius 3 is 1.68 bits per heavy atom. The third-order valence-corrected chi connectivity index (χ3v) is 12.3. The van der Waals surface area contributed by atoms with Gasteiger partial charge in [-0.05, 0) is 72.0 Å². The molecule has 0 atom stereocenters. The molecular weight excluding hydrogens is 916 g/mol. The van der Waals surface area contributed by atoms with Crippen LogP contribution in [0.1, 0.15) is 60.1 Å². The fourth-order valence-corrected chi connectivity index (χ4v) is 8.93. The van der Waals surface area contributed by atoms with Crippen molar-refractivity contribution >= 4 is 83.3 Å². The van der Waals surface area contributed by atoms with Crippen molar-refractivity contribution in [3.05, 3.63) is 139 Å². The van der Waals surface area contributed by atoms with E-state index in [9.17, 15) is 14.4 Å². The number of ketones is 2. The van der Waals surface area contributed by atoms with Crippen LogP contribution >= 0.6 is 31.9 Å². The first-order chi connectivity index (χ1) is 30.2. The van der Waals surface area contributed by atoms with E-state index in [1.807, 2.05) is 91.9 Å². The molecule has 4 aromatic rings. The number of hydrogen-bond acceptors (Lipinski definition) is 12. The number of oxime groups is 2. The first-order valence-electron chi connectivity index (χ1n) is 21.1. The van der Waals surface area contributed by atoms with Gasteiger partial charge in [0, 0.05) is 77.0 Å². The summed E-state index contributed by atoms with van der Waals surface area (Å²) in [4.78, 5) is 53.3. The Morgan fingerprint density at radius 1 is 0.661 bits per heavy atom. The van der Waals surface area contributed by atoms with Gasteiger partial charge in [0.25, 0.3) is 0 Å². The SMILES string of the molecule is CCCCO/N=C1/C(=C2/C(=O)Cc3ccc(Br)cc32)Nc2ccccc21.CCOC(=O)CN1CCN(CCO/N=C2/C(=C3/C(=O)Cc4ccc(Br)cc43)Nc3ccccc32)CC1. The summed E-state index contributed by atoms with van der Waals surface area (Å²) in [6.07, 6.45) is 2.80. The van der Waals surface area contributed by atoms with Gasteiger partial charge in [0.1, 0.15) is 24.6 Å². The van der Waals surface area contributed by atoms with E-state index in [4.69, 9.17) is 14.4 Å². The molecule has 9 rings (SSSR count). The third kappa shape index (κ3) is 9.48. The summed E-state index contributed by atoms with van der Waals surface area (Å²) in [5, 5.41) is 15.7. The highest BCUT2D eigenvalue weighted by Gasteiger charge is 2.36. The number of nitrogens with one attached hydrogen (secondary N) is 2. The first kappa shape index (κ1) is 43.2. The topological polar surface area (TPSA) is 134 Å². The molecule has 0 radical (unpaired) electrons. The van der Waals surface area contributed by atoms with Gasteiger partial charge in [-0.25, -0.2) is 0 Å². The van der Waals surface area contributed by atoms with E-state index in [0.29, 0.717) is 67.5 Å². The number of halogens is 2. The number of ether oxygens (including phenoxy) is 1. The molecule has 5 aliphatic rings. The Hall–Kier alpha value is -5.41. The van der Waals surface area contributed by atoms with Gasteiger partial charge in [-0.1, -0.05) is 104 Å². The van der Waals surface area contributed by atoms with Gasteiger partial charge in [-0.2, -0.15) is 0 Å². The summed E-state index contributed by atoms with van der Waals surface area (Å²) in [5.74, 6) is 0.0117. The number of fused-ring (bicyclic) bond motifs is 4. The number of hydrogen-bond donors (Lipinski definition) is 2. The highest BCUT2D eigenvalue weighted by atomic mass is 79.9. The van der Waals surface area contributed by atoms with Gasteiger partial charge in [0.2, 0.25) is 0 Å². The van der Waals surface area contributed by atoms with Gasteiger partial charge in [0.15, 0.2) is 11.6 Å². The number of piperazine rings is 1. The van der Waals surface area contributed by atoms with Crippen molar-refractivity contribution in [2.24, 2.45) is 10.3 Å². The van der Waals surface area contributed by atoms with Crippen LogP contribution in [0, 0.1) is 0 Å². The summed E-state index contributed by atoms with van der Waals surface area (Å²) in [5.41, 5.74) is 11.8. The molecule has 0 saturated carbocycles. The van der Waals surface area contributed by atoms with Crippen LogP contribution in [-0.4, -0.2) is 97.8 Å². The molecule has 0 aromatic heterocycles. The Kier molecular flexibility index (Phi) is 13.8. The van der Waals surface area contributed by atoms with Crippen molar-refractivity contribution in [3.63, 3.8) is 0 Å². The summed E-state index contributed by atoms with van der Waals surface area (Å²) in [6.45, 7) is 9.78. The molecule has 0 spiro atoms. The number of rotatable bonds is 11. The lowest BCUT2D eigenvalue weighted by molar-refractivity contribution is -0.144. The zero-order valence-corrected chi connectivity index (χ0v) is 37.9. The number of carbonyl (C=O) groups excluding carboxylic acids is 3. The van der Waals surface area contributed by atoms with Crippen molar-refractivity contribution in [2.75, 3.05) is 69.7 Å². The molecule has 3 heterocycles. The van der Waals surface area contributed by atoms with E-state index in [-0.39, 0.29) is 17.5 Å². The van der Waals surface area contributed by atoms with E-state index in [1.54, 1.807) is 0 Å². The minimum atomic E-state index is -0.170. The fourth-order valence-electron chi connectivity index (χ4n) is 8.21. The molecule has 1 fully saturated rings. The maximum absolute atomic E-state index is 13.0. The summed E-state index contributed by atoms with van der Waals surface area (Å²) in [7, 11) is 0. The number of allylic oxidation sites excluding steroid dienone is 4. The van der Waals surface area contributed by atoms with Crippen molar-refractivity contribution in [2.45, 2.75) is 39.5 Å². The van der Waals surface area contributed by atoms with Crippen molar-refractivity contribution in [3.8, 4) is 0 Å². The number of esters is 1. The molecule has 2 aliphatic carbocycles. The van der Waals surface area contributed by atoms with Crippen LogP contribution in [0.2, 0.25) is 0 Å².